The van der Waals surface area contributed by atoms with Crippen molar-refractivity contribution in [3.63, 3.8) is 0 Å². The van der Waals surface area contributed by atoms with E-state index in [9.17, 15) is 18.0 Å². The predicted molar refractivity (Wildman–Crippen MR) is 83.2 cm³/mol. The number of nitrogens with one attached hydrogen (secondary N) is 2. The molecule has 3 heterocycles. The van der Waals surface area contributed by atoms with Gasteiger partial charge in [0, 0.05) is 42.1 Å². The summed E-state index contributed by atoms with van der Waals surface area (Å²) in [7, 11) is -4.77. The van der Waals surface area contributed by atoms with Crippen LogP contribution < -0.4 is 10.6 Å². The summed E-state index contributed by atoms with van der Waals surface area (Å²) in [5.74, 6) is -0.225. The van der Waals surface area contributed by atoms with Gasteiger partial charge in [-0.15, -0.1) is 4.28 Å². The normalized spacial score (nSPS) is 27.8. The molecule has 0 aliphatic carbocycles. The second-order valence-electron chi connectivity index (χ2n) is 6.04. The van der Waals surface area contributed by atoms with Gasteiger partial charge < -0.3 is 15.5 Å². The van der Waals surface area contributed by atoms with Crippen LogP contribution in [-0.4, -0.2) is 102 Å². The Labute approximate surface area is 162 Å². The van der Waals surface area contributed by atoms with Gasteiger partial charge in [0.2, 0.25) is 5.91 Å². The molecule has 3 aliphatic heterocycles. The molecule has 3 saturated heterocycles. The molecule has 0 aromatic carbocycles. The molecule has 0 aromatic rings. The molecule has 2 bridgehead atoms. The SMILES string of the molecule is O=C(NC1CCNCC1)[C@@H]1CC[C@@H]2CN1C(=O)N2OS(=O)(=O)O.[Na]. The van der Waals surface area contributed by atoms with Crippen LogP contribution in [0.15, 0.2) is 0 Å². The van der Waals surface area contributed by atoms with E-state index in [4.69, 9.17) is 4.55 Å². The Morgan fingerprint density at radius 2 is 1.92 bits per heavy atom. The summed E-state index contributed by atoms with van der Waals surface area (Å²) in [4.78, 5) is 26.0. The summed E-state index contributed by atoms with van der Waals surface area (Å²) >= 11 is 0. The van der Waals surface area contributed by atoms with Crippen molar-refractivity contribution >= 4 is 51.9 Å². The maximum Gasteiger partial charge on any atom is 0.418 e. The topological polar surface area (TPSA) is 128 Å². The maximum atomic E-state index is 12.4. The van der Waals surface area contributed by atoms with Crippen molar-refractivity contribution in [2.24, 2.45) is 0 Å². The molecule has 3 rings (SSSR count). The number of carbonyl (C=O) groups excluding carboxylic acids is 2. The number of carbonyl (C=O) groups is 2. The van der Waals surface area contributed by atoms with Crippen LogP contribution in [0, 0.1) is 0 Å². The Bertz CT molecular complexity index is 596. The number of hydroxylamine groups is 2. The van der Waals surface area contributed by atoms with Gasteiger partial charge in [-0.05, 0) is 38.8 Å². The van der Waals surface area contributed by atoms with Crippen molar-refractivity contribution in [1.29, 1.82) is 0 Å². The minimum absolute atomic E-state index is 0. The molecule has 3 amide bonds. The van der Waals surface area contributed by atoms with Gasteiger partial charge in [-0.1, -0.05) is 0 Å². The van der Waals surface area contributed by atoms with Crippen molar-refractivity contribution in [3.8, 4) is 0 Å². The van der Waals surface area contributed by atoms with Crippen LogP contribution in [0.2, 0.25) is 0 Å². The molecule has 24 heavy (non-hydrogen) atoms. The Morgan fingerprint density at radius 1 is 1.25 bits per heavy atom. The van der Waals surface area contributed by atoms with E-state index >= 15 is 0 Å². The number of urea groups is 1. The van der Waals surface area contributed by atoms with E-state index < -0.39 is 28.5 Å². The average Bonchev–Trinajstić information content (AvgIpc) is 2.72. The fourth-order valence-corrected chi connectivity index (χ4v) is 3.76. The van der Waals surface area contributed by atoms with E-state index in [0.717, 1.165) is 25.9 Å². The largest absolute Gasteiger partial charge is 0.418 e. The van der Waals surface area contributed by atoms with Crippen molar-refractivity contribution in [2.75, 3.05) is 19.6 Å². The predicted octanol–water partition coefficient (Wildman–Crippen LogP) is -1.52. The van der Waals surface area contributed by atoms with Crippen LogP contribution in [-0.2, 0) is 19.5 Å². The second kappa shape index (κ2) is 7.85. The van der Waals surface area contributed by atoms with Gasteiger partial charge in [-0.25, -0.2) is 4.79 Å². The smallest absolute Gasteiger partial charge is 0.351 e. The first-order valence-electron chi connectivity index (χ1n) is 7.63. The molecule has 3 aliphatic rings. The minimum atomic E-state index is -4.77. The molecule has 12 heteroatoms. The van der Waals surface area contributed by atoms with Gasteiger partial charge in [-0.3, -0.25) is 9.35 Å². The summed E-state index contributed by atoms with van der Waals surface area (Å²) in [6.07, 6.45) is 2.54. The monoisotopic (exact) mass is 371 g/mol. The number of rotatable bonds is 4. The summed E-state index contributed by atoms with van der Waals surface area (Å²) in [5, 5.41) is 6.81. The third kappa shape index (κ3) is 4.40. The number of nitrogens with zero attached hydrogens (tertiary/aromatic N) is 2. The quantitative estimate of drug-likeness (QED) is 0.404. The molecule has 0 aromatic heterocycles. The fraction of sp³-hybridized carbons (Fsp3) is 0.833. The Morgan fingerprint density at radius 3 is 2.54 bits per heavy atom. The Balaban J connectivity index is 0.00000208. The third-order valence-corrected chi connectivity index (χ3v) is 4.83. The zero-order valence-corrected chi connectivity index (χ0v) is 16.3. The third-order valence-electron chi connectivity index (χ3n) is 4.49. The summed E-state index contributed by atoms with van der Waals surface area (Å²) in [6, 6.07) is -1.74. The fourth-order valence-electron chi connectivity index (χ4n) is 3.37. The first-order valence-corrected chi connectivity index (χ1v) is 8.99. The molecule has 0 spiro atoms. The molecule has 3 N–H and O–H groups in total. The summed E-state index contributed by atoms with van der Waals surface area (Å²) < 4.78 is 34.8. The number of fused-ring (bicyclic) bond motifs is 2. The summed E-state index contributed by atoms with van der Waals surface area (Å²) in [6.45, 7) is 1.89. The summed E-state index contributed by atoms with van der Waals surface area (Å²) in [5.41, 5.74) is 0. The molecule has 10 nitrogen and oxygen atoms in total. The van der Waals surface area contributed by atoms with E-state index in [2.05, 4.69) is 14.9 Å². The van der Waals surface area contributed by atoms with E-state index in [-0.39, 0.29) is 48.1 Å². The van der Waals surface area contributed by atoms with Gasteiger partial charge in [0.25, 0.3) is 0 Å². The standard InChI is InChI=1S/C12H20N4O6S.Na/c17-11(14-8-3-5-13-6-4-8)10-2-1-9-7-15(10)12(18)16(9)22-23(19,20)21;/h8-10,13H,1-7H2,(H,14,17)(H,19,20,21);/t9-,10+;/m1./s1. The average molecular weight is 371 g/mol. The zero-order chi connectivity index (χ0) is 16.6. The molecular formula is C12H20N4NaO6S. The number of amides is 3. The van der Waals surface area contributed by atoms with Crippen LogP contribution in [0.25, 0.3) is 0 Å². The van der Waals surface area contributed by atoms with Crippen LogP contribution in [0.1, 0.15) is 25.7 Å². The first kappa shape index (κ1) is 19.9. The number of piperidine rings is 2. The molecule has 3 fully saturated rings. The Kier molecular flexibility index (Phi) is 6.51. The van der Waals surface area contributed by atoms with E-state index in [1.165, 1.54) is 4.90 Å². The number of hydrogen-bond donors (Lipinski definition) is 3. The van der Waals surface area contributed by atoms with Crippen LogP contribution in [0.4, 0.5) is 4.79 Å². The maximum absolute atomic E-state index is 12.4. The van der Waals surface area contributed by atoms with Gasteiger partial charge in [-0.2, -0.15) is 13.5 Å². The molecule has 1 radical (unpaired) electrons. The van der Waals surface area contributed by atoms with Crippen molar-refractivity contribution < 1.29 is 26.8 Å². The van der Waals surface area contributed by atoms with Gasteiger partial charge >= 0.3 is 16.4 Å². The van der Waals surface area contributed by atoms with Crippen LogP contribution >= 0.6 is 0 Å². The molecule has 2 atom stereocenters. The molecule has 0 saturated carbocycles. The van der Waals surface area contributed by atoms with Crippen LogP contribution in [0.3, 0.4) is 0 Å². The van der Waals surface area contributed by atoms with Crippen molar-refractivity contribution in [2.45, 2.75) is 43.8 Å². The van der Waals surface area contributed by atoms with E-state index in [1.807, 2.05) is 0 Å². The van der Waals surface area contributed by atoms with E-state index in [1.54, 1.807) is 0 Å². The van der Waals surface area contributed by atoms with Gasteiger partial charge in [0.05, 0.1) is 6.04 Å². The van der Waals surface area contributed by atoms with Gasteiger partial charge in [0.1, 0.15) is 6.04 Å². The van der Waals surface area contributed by atoms with Gasteiger partial charge in [0.15, 0.2) is 0 Å². The second-order valence-corrected chi connectivity index (χ2v) is 7.05. The van der Waals surface area contributed by atoms with Crippen molar-refractivity contribution in [3.05, 3.63) is 0 Å². The Hall–Kier alpha value is -0.430. The van der Waals surface area contributed by atoms with E-state index in [0.29, 0.717) is 17.9 Å². The molecule has 0 unspecified atom stereocenters. The van der Waals surface area contributed by atoms with Crippen LogP contribution in [0.5, 0.6) is 0 Å². The minimum Gasteiger partial charge on any atom is -0.351 e. The molecular weight excluding hydrogens is 351 g/mol. The van der Waals surface area contributed by atoms with Crippen molar-refractivity contribution in [1.82, 2.24) is 20.6 Å². The first-order chi connectivity index (χ1) is 10.8. The zero-order valence-electron chi connectivity index (χ0n) is 13.5. The number of hydrogen-bond acceptors (Lipinski definition) is 6. The molecule has 131 valence electrons.